The Labute approximate surface area is 199 Å². The maximum absolute atomic E-state index is 14.8. The lowest BCUT2D eigenvalue weighted by Crippen LogP contribution is -2.73. The summed E-state index contributed by atoms with van der Waals surface area (Å²) in [6.45, 7) is -4.87. The lowest BCUT2D eigenvalue weighted by Gasteiger charge is -2.46. The second-order valence-electron chi connectivity index (χ2n) is 8.36. The highest BCUT2D eigenvalue weighted by Gasteiger charge is 2.91. The number of carboxylic acids is 1. The Morgan fingerprint density at radius 3 is 1.46 bits per heavy atom. The molecule has 0 aromatic heterocycles. The topological polar surface area (TPSA) is 104 Å². The number of quaternary nitrogens is 1. The maximum atomic E-state index is 14.8. The molecule has 3 unspecified atom stereocenters. The zero-order chi connectivity index (χ0) is 30.2. The van der Waals surface area contributed by atoms with E-state index in [0.717, 1.165) is 14.1 Å². The van der Waals surface area contributed by atoms with Crippen LogP contribution in [0.3, 0.4) is 0 Å². The van der Waals surface area contributed by atoms with E-state index >= 15 is 0 Å². The van der Waals surface area contributed by atoms with Crippen molar-refractivity contribution < 1.29 is 91.2 Å². The van der Waals surface area contributed by atoms with E-state index < -0.39 is 90.0 Å². The average Bonchev–Trinajstić information content (AvgIpc) is 2.65. The minimum absolute atomic E-state index is 0.385. The van der Waals surface area contributed by atoms with Gasteiger partial charge in [-0.3, -0.25) is 4.79 Å². The molecule has 0 radical (unpaired) electrons. The smallest absolute Gasteiger partial charge is 0.460 e. The lowest BCUT2D eigenvalue weighted by atomic mass is 9.82. The van der Waals surface area contributed by atoms with Crippen LogP contribution in [0.1, 0.15) is 6.92 Å². The van der Waals surface area contributed by atoms with Crippen molar-refractivity contribution in [2.24, 2.45) is 5.92 Å². The van der Waals surface area contributed by atoms with Gasteiger partial charge in [-0.1, -0.05) is 0 Å². The SMILES string of the molecule is CC(=O)OC(C(CO)C(F)(F)C(F)(F)C(F)(F)C(F)(F)C(F)(F)C(F)(F)F)C(CO)[N+](C)(C)CC(=O)O. The molecule has 37 heavy (non-hydrogen) atoms. The molecule has 0 amide bonds. The van der Waals surface area contributed by atoms with Crippen LogP contribution in [-0.2, 0) is 14.3 Å². The molecule has 0 aromatic rings. The Kier molecular flexibility index (Phi) is 9.99. The summed E-state index contributed by atoms with van der Waals surface area (Å²) in [5.74, 6) is -46.5. The van der Waals surface area contributed by atoms with Crippen LogP contribution in [0.15, 0.2) is 0 Å². The normalized spacial score (nSPS) is 17.2. The molecular formula is C17H21F13NO6+. The van der Waals surface area contributed by atoms with Crippen molar-refractivity contribution in [1.82, 2.24) is 0 Å². The van der Waals surface area contributed by atoms with E-state index in [9.17, 15) is 76.9 Å². The standard InChI is InChI=1S/C17H20F13NO6/c1-7(34)37-11(9(6-33)31(2,3)4-10(35)36)8(5-32)12(18,19)13(20,21)14(22,23)15(24,25)16(26,27)17(28,29)30/h8-9,11,32-33H,4-6H2,1-3H3/p+1. The van der Waals surface area contributed by atoms with Gasteiger partial charge in [0.05, 0.1) is 33.2 Å². The molecule has 0 aliphatic rings. The molecule has 0 heterocycles. The number of carbonyl (C=O) groups excluding carboxylic acids is 1. The number of aliphatic hydroxyl groups excluding tert-OH is 2. The van der Waals surface area contributed by atoms with Crippen molar-refractivity contribution in [3.05, 3.63) is 0 Å². The number of carboxylic acid groups (broad SMARTS) is 1. The highest BCUT2D eigenvalue weighted by atomic mass is 19.4. The van der Waals surface area contributed by atoms with E-state index in [2.05, 4.69) is 4.74 Å². The van der Waals surface area contributed by atoms with Gasteiger partial charge in [0.15, 0.2) is 18.7 Å². The van der Waals surface area contributed by atoms with E-state index in [1.165, 1.54) is 0 Å². The first kappa shape index (κ1) is 34.9. The lowest BCUT2D eigenvalue weighted by molar-refractivity contribution is -0.912. The van der Waals surface area contributed by atoms with Gasteiger partial charge in [-0.25, -0.2) is 4.79 Å². The Morgan fingerprint density at radius 2 is 1.16 bits per heavy atom. The molecule has 0 bridgehead atoms. The molecule has 0 fully saturated rings. The fourth-order valence-electron chi connectivity index (χ4n) is 3.25. The molecule has 0 saturated heterocycles. The van der Waals surface area contributed by atoms with Gasteiger partial charge in [-0.2, -0.15) is 57.1 Å². The van der Waals surface area contributed by atoms with Crippen LogP contribution in [0.5, 0.6) is 0 Å². The summed E-state index contributed by atoms with van der Waals surface area (Å²) in [4.78, 5) is 22.4. The van der Waals surface area contributed by atoms with Crippen molar-refractivity contribution in [2.75, 3.05) is 33.9 Å². The van der Waals surface area contributed by atoms with Gasteiger partial charge in [-0.15, -0.1) is 0 Å². The number of hydrogen-bond acceptors (Lipinski definition) is 5. The molecule has 7 nitrogen and oxygen atoms in total. The predicted molar refractivity (Wildman–Crippen MR) is 92.4 cm³/mol. The number of hydrogen-bond donors (Lipinski definition) is 3. The fraction of sp³-hybridized carbons (Fsp3) is 0.882. The van der Waals surface area contributed by atoms with Crippen LogP contribution in [0.25, 0.3) is 0 Å². The number of likely N-dealkylation sites (N-methyl/N-ethyl adjacent to an activating group) is 1. The summed E-state index contributed by atoms with van der Waals surface area (Å²) in [6.07, 6.45) is -10.7. The molecule has 3 atom stereocenters. The van der Waals surface area contributed by atoms with Crippen LogP contribution >= 0.6 is 0 Å². The Morgan fingerprint density at radius 1 is 0.757 bits per heavy atom. The third-order valence-corrected chi connectivity index (χ3v) is 5.33. The predicted octanol–water partition coefficient (Wildman–Crippen LogP) is 2.79. The maximum Gasteiger partial charge on any atom is 0.460 e. The second kappa shape index (κ2) is 10.6. The van der Waals surface area contributed by atoms with Gasteiger partial charge in [0.25, 0.3) is 0 Å². The zero-order valence-corrected chi connectivity index (χ0v) is 18.8. The number of rotatable bonds is 13. The Balaban J connectivity index is 7.07. The average molecular weight is 582 g/mol. The van der Waals surface area contributed by atoms with E-state index in [0.29, 0.717) is 6.92 Å². The first-order chi connectivity index (χ1) is 16.1. The first-order valence-electron chi connectivity index (χ1n) is 9.51. The highest BCUT2D eigenvalue weighted by Crippen LogP contribution is 2.61. The molecule has 0 saturated carbocycles. The molecule has 0 spiro atoms. The van der Waals surface area contributed by atoms with Crippen molar-refractivity contribution >= 4 is 11.9 Å². The Hall–Kier alpha value is -2.09. The molecular weight excluding hydrogens is 561 g/mol. The second-order valence-corrected chi connectivity index (χ2v) is 8.36. The number of alkyl halides is 13. The van der Waals surface area contributed by atoms with Crippen LogP contribution < -0.4 is 0 Å². The summed E-state index contributed by atoms with van der Waals surface area (Å²) in [6, 6.07) is -2.32. The van der Waals surface area contributed by atoms with Crippen molar-refractivity contribution in [1.29, 1.82) is 0 Å². The quantitative estimate of drug-likeness (QED) is 0.176. The summed E-state index contributed by atoms with van der Waals surface area (Å²) < 4.78 is 179. The van der Waals surface area contributed by atoms with Crippen molar-refractivity contribution in [3.8, 4) is 0 Å². The molecule has 3 N–H and O–H groups in total. The third kappa shape index (κ3) is 5.99. The Bertz CT molecular complexity index is 831. The van der Waals surface area contributed by atoms with Gasteiger partial charge in [0, 0.05) is 6.92 Å². The minimum atomic E-state index is -8.20. The van der Waals surface area contributed by atoms with Gasteiger partial charge in [-0.05, 0) is 0 Å². The van der Waals surface area contributed by atoms with Crippen molar-refractivity contribution in [3.63, 3.8) is 0 Å². The number of aliphatic hydroxyl groups is 2. The van der Waals surface area contributed by atoms with E-state index in [-0.39, 0.29) is 0 Å². The largest absolute Gasteiger partial charge is 0.477 e. The van der Waals surface area contributed by atoms with Crippen LogP contribution in [0.4, 0.5) is 57.1 Å². The van der Waals surface area contributed by atoms with Gasteiger partial charge in [0.1, 0.15) is 0 Å². The number of esters is 1. The molecule has 220 valence electrons. The van der Waals surface area contributed by atoms with Gasteiger partial charge in [0.2, 0.25) is 0 Å². The molecule has 0 aliphatic heterocycles. The summed E-state index contributed by atoms with van der Waals surface area (Å²) in [7, 11) is 1.56. The van der Waals surface area contributed by atoms with E-state index in [4.69, 9.17) is 5.11 Å². The van der Waals surface area contributed by atoms with Gasteiger partial charge < -0.3 is 24.5 Å². The molecule has 0 aliphatic carbocycles. The molecule has 20 heteroatoms. The fourth-order valence-corrected chi connectivity index (χ4v) is 3.25. The molecule has 0 rings (SSSR count). The third-order valence-electron chi connectivity index (χ3n) is 5.33. The number of carbonyl (C=O) groups is 2. The van der Waals surface area contributed by atoms with E-state index in [1.54, 1.807) is 0 Å². The molecule has 0 aromatic carbocycles. The number of nitrogens with zero attached hydrogens (tertiary/aromatic N) is 1. The summed E-state index contributed by atoms with van der Waals surface area (Å²) >= 11 is 0. The zero-order valence-electron chi connectivity index (χ0n) is 18.8. The minimum Gasteiger partial charge on any atom is -0.477 e. The number of halogens is 13. The van der Waals surface area contributed by atoms with E-state index in [1.807, 2.05) is 0 Å². The number of ether oxygens (including phenoxy) is 1. The monoisotopic (exact) mass is 582 g/mol. The summed E-state index contributed by atoms with van der Waals surface area (Å²) in [5.41, 5.74) is 0. The highest BCUT2D eigenvalue weighted by molar-refractivity contribution is 5.68. The van der Waals surface area contributed by atoms with Crippen LogP contribution in [-0.4, -0.2) is 114 Å². The van der Waals surface area contributed by atoms with Crippen LogP contribution in [0.2, 0.25) is 0 Å². The van der Waals surface area contributed by atoms with Gasteiger partial charge >= 0.3 is 47.7 Å². The number of aliphatic carboxylic acids is 1. The van der Waals surface area contributed by atoms with Crippen LogP contribution in [0, 0.1) is 5.92 Å². The van der Waals surface area contributed by atoms with Crippen molar-refractivity contribution in [2.45, 2.75) is 54.9 Å². The summed E-state index contributed by atoms with van der Waals surface area (Å²) in [5, 5.41) is 27.8. The first-order valence-corrected chi connectivity index (χ1v) is 9.51.